The number of nitrogens with zero attached hydrogens (tertiary/aromatic N) is 1. The Kier molecular flexibility index (Phi) is 2.81. The van der Waals surface area contributed by atoms with E-state index < -0.39 is 0 Å². The summed E-state index contributed by atoms with van der Waals surface area (Å²) in [6.07, 6.45) is 10.7. The maximum Gasteiger partial charge on any atom is 0.0692 e. The Labute approximate surface area is 87.5 Å². The van der Waals surface area contributed by atoms with Gasteiger partial charge in [0.05, 0.1) is 11.5 Å². The van der Waals surface area contributed by atoms with Gasteiger partial charge < -0.3 is 0 Å². The molecule has 0 aromatic carbocycles. The molecule has 2 fully saturated rings. The van der Waals surface area contributed by atoms with E-state index in [1.165, 1.54) is 51.4 Å². The van der Waals surface area contributed by atoms with Gasteiger partial charge in [0.1, 0.15) is 0 Å². The molecular weight excluding hydrogens is 170 g/mol. The fraction of sp³-hybridized carbons (Fsp3) is 0.923. The van der Waals surface area contributed by atoms with Gasteiger partial charge in [-0.3, -0.25) is 0 Å². The van der Waals surface area contributed by atoms with Crippen molar-refractivity contribution in [3.05, 3.63) is 0 Å². The summed E-state index contributed by atoms with van der Waals surface area (Å²) in [5, 5.41) is 9.46. The van der Waals surface area contributed by atoms with Crippen molar-refractivity contribution < 1.29 is 0 Å². The average molecular weight is 191 g/mol. The van der Waals surface area contributed by atoms with Crippen molar-refractivity contribution in [2.45, 2.75) is 58.3 Å². The van der Waals surface area contributed by atoms with Crippen LogP contribution in [-0.2, 0) is 0 Å². The molecule has 0 aromatic rings. The van der Waals surface area contributed by atoms with E-state index in [2.05, 4.69) is 13.0 Å². The Balaban J connectivity index is 2.28. The molecule has 78 valence electrons. The van der Waals surface area contributed by atoms with E-state index in [-0.39, 0.29) is 5.41 Å². The van der Waals surface area contributed by atoms with Crippen molar-refractivity contribution >= 4 is 0 Å². The average Bonchev–Trinajstić information content (AvgIpc) is 2.47. The number of hydrogen-bond acceptors (Lipinski definition) is 1. The second kappa shape index (κ2) is 3.93. The molecule has 2 bridgehead atoms. The van der Waals surface area contributed by atoms with Crippen molar-refractivity contribution in [1.82, 2.24) is 0 Å². The zero-order valence-electron chi connectivity index (χ0n) is 9.26. The Morgan fingerprint density at radius 1 is 0.929 bits per heavy atom. The molecule has 1 nitrogen and oxygen atoms in total. The van der Waals surface area contributed by atoms with Crippen LogP contribution in [0.15, 0.2) is 0 Å². The molecular formula is C13H21N. The number of rotatable bonds is 0. The molecule has 0 spiro atoms. The zero-order chi connectivity index (χ0) is 10.0. The predicted molar refractivity (Wildman–Crippen MR) is 57.6 cm³/mol. The first-order valence-corrected chi connectivity index (χ1v) is 6.18. The maximum absolute atomic E-state index is 9.46. The first kappa shape index (κ1) is 10.0. The lowest BCUT2D eigenvalue weighted by molar-refractivity contribution is 0.167. The highest BCUT2D eigenvalue weighted by molar-refractivity contribution is 5.06. The maximum atomic E-state index is 9.46. The minimum atomic E-state index is 0.00694. The Bertz CT molecular complexity index is 210. The van der Waals surface area contributed by atoms with Crippen LogP contribution in [0.3, 0.4) is 0 Å². The van der Waals surface area contributed by atoms with Crippen molar-refractivity contribution in [1.29, 1.82) is 5.26 Å². The minimum Gasteiger partial charge on any atom is -0.198 e. The van der Waals surface area contributed by atoms with Gasteiger partial charge in [0.15, 0.2) is 0 Å². The first-order valence-electron chi connectivity index (χ1n) is 6.18. The molecule has 2 rings (SSSR count). The van der Waals surface area contributed by atoms with Crippen LogP contribution in [0, 0.1) is 28.6 Å². The normalized spacial score (nSPS) is 43.4. The summed E-state index contributed by atoms with van der Waals surface area (Å²) in [4.78, 5) is 0. The molecule has 2 aliphatic rings. The lowest BCUT2D eigenvalue weighted by Crippen LogP contribution is -2.31. The van der Waals surface area contributed by atoms with Crippen LogP contribution >= 0.6 is 0 Å². The highest BCUT2D eigenvalue weighted by Crippen LogP contribution is 2.49. The fourth-order valence-corrected chi connectivity index (χ4v) is 3.57. The molecule has 0 N–H and O–H groups in total. The van der Waals surface area contributed by atoms with Gasteiger partial charge in [-0.1, -0.05) is 25.7 Å². The topological polar surface area (TPSA) is 23.8 Å². The van der Waals surface area contributed by atoms with Gasteiger partial charge >= 0.3 is 0 Å². The number of hydrogen-bond donors (Lipinski definition) is 0. The highest BCUT2D eigenvalue weighted by atomic mass is 14.5. The van der Waals surface area contributed by atoms with E-state index in [0.29, 0.717) is 11.8 Å². The Hall–Kier alpha value is -0.510. The monoisotopic (exact) mass is 191 g/mol. The van der Waals surface area contributed by atoms with E-state index in [0.717, 1.165) is 0 Å². The standard InChI is InChI=1S/C13H21N/c1-13(10-14)11-6-2-3-7-12(13)9-5-4-8-11/h11-12H,2-9H2,1H3. The molecule has 2 saturated carbocycles. The van der Waals surface area contributed by atoms with Gasteiger partial charge in [0.25, 0.3) is 0 Å². The van der Waals surface area contributed by atoms with Crippen LogP contribution in [0.4, 0.5) is 0 Å². The molecule has 0 heterocycles. The van der Waals surface area contributed by atoms with E-state index >= 15 is 0 Å². The highest BCUT2D eigenvalue weighted by Gasteiger charge is 2.43. The third kappa shape index (κ3) is 1.56. The zero-order valence-corrected chi connectivity index (χ0v) is 9.26. The summed E-state index contributed by atoms with van der Waals surface area (Å²) < 4.78 is 0. The quantitative estimate of drug-likeness (QED) is 0.569. The van der Waals surface area contributed by atoms with Crippen LogP contribution in [-0.4, -0.2) is 0 Å². The van der Waals surface area contributed by atoms with Gasteiger partial charge in [0.2, 0.25) is 0 Å². The van der Waals surface area contributed by atoms with Crippen molar-refractivity contribution in [3.8, 4) is 6.07 Å². The molecule has 0 saturated heterocycles. The van der Waals surface area contributed by atoms with Crippen molar-refractivity contribution in [2.75, 3.05) is 0 Å². The van der Waals surface area contributed by atoms with Crippen LogP contribution in [0.1, 0.15) is 58.3 Å². The smallest absolute Gasteiger partial charge is 0.0692 e. The molecule has 0 aliphatic heterocycles. The Morgan fingerprint density at radius 3 is 1.57 bits per heavy atom. The summed E-state index contributed by atoms with van der Waals surface area (Å²) in [7, 11) is 0. The second-order valence-electron chi connectivity index (χ2n) is 5.36. The molecule has 0 unspecified atom stereocenters. The van der Waals surface area contributed by atoms with Crippen LogP contribution < -0.4 is 0 Å². The van der Waals surface area contributed by atoms with Gasteiger partial charge in [-0.25, -0.2) is 0 Å². The summed E-state index contributed by atoms with van der Waals surface area (Å²) in [5.74, 6) is 1.39. The van der Waals surface area contributed by atoms with Gasteiger partial charge in [-0.2, -0.15) is 5.26 Å². The number of nitriles is 1. The summed E-state index contributed by atoms with van der Waals surface area (Å²) in [6, 6.07) is 2.66. The van der Waals surface area contributed by atoms with E-state index in [4.69, 9.17) is 0 Å². The van der Waals surface area contributed by atoms with E-state index in [1.54, 1.807) is 0 Å². The van der Waals surface area contributed by atoms with Gasteiger partial charge in [0, 0.05) is 0 Å². The molecule has 0 radical (unpaired) electrons. The molecule has 0 atom stereocenters. The van der Waals surface area contributed by atoms with Crippen LogP contribution in [0.5, 0.6) is 0 Å². The molecule has 2 aliphatic carbocycles. The number of fused-ring (bicyclic) bond motifs is 2. The SMILES string of the molecule is CC1(C#N)C2CCCCC1CCCC2. The first-order chi connectivity index (χ1) is 6.77. The third-order valence-corrected chi connectivity index (χ3v) is 4.65. The Morgan fingerprint density at radius 2 is 1.29 bits per heavy atom. The summed E-state index contributed by atoms with van der Waals surface area (Å²) in [6.45, 7) is 2.24. The van der Waals surface area contributed by atoms with Gasteiger partial charge in [-0.05, 0) is 44.4 Å². The summed E-state index contributed by atoms with van der Waals surface area (Å²) >= 11 is 0. The largest absolute Gasteiger partial charge is 0.198 e. The van der Waals surface area contributed by atoms with E-state index in [9.17, 15) is 5.26 Å². The predicted octanol–water partition coefficient (Wildman–Crippen LogP) is 3.90. The van der Waals surface area contributed by atoms with Crippen molar-refractivity contribution in [2.24, 2.45) is 17.3 Å². The lowest BCUT2D eigenvalue weighted by Gasteiger charge is -2.34. The van der Waals surface area contributed by atoms with Crippen LogP contribution in [0.25, 0.3) is 0 Å². The minimum absolute atomic E-state index is 0.00694. The molecule has 14 heavy (non-hydrogen) atoms. The lowest BCUT2D eigenvalue weighted by atomic mass is 9.67. The fourth-order valence-electron chi connectivity index (χ4n) is 3.57. The van der Waals surface area contributed by atoms with Crippen molar-refractivity contribution in [3.63, 3.8) is 0 Å². The third-order valence-electron chi connectivity index (χ3n) is 4.65. The second-order valence-corrected chi connectivity index (χ2v) is 5.36. The van der Waals surface area contributed by atoms with E-state index in [1.807, 2.05) is 0 Å². The molecule has 0 amide bonds. The summed E-state index contributed by atoms with van der Waals surface area (Å²) in [5.41, 5.74) is 0.00694. The van der Waals surface area contributed by atoms with Gasteiger partial charge in [-0.15, -0.1) is 0 Å². The molecule has 1 heteroatoms. The van der Waals surface area contributed by atoms with Crippen LogP contribution in [0.2, 0.25) is 0 Å². The molecule has 0 aromatic heterocycles.